The van der Waals surface area contributed by atoms with Gasteiger partial charge in [0.25, 0.3) is 0 Å². The standard InChI is InChI=1S/C10H11Cl2NO/c11-8-1-2-9(12)10(3-8)14-6-7-4-13-5-7/h1-3,7,13H,4-6H2. The van der Waals surface area contributed by atoms with Crippen molar-refractivity contribution >= 4 is 23.2 Å². The Kier molecular flexibility index (Phi) is 3.16. The maximum absolute atomic E-state index is 5.94. The molecule has 0 amide bonds. The molecule has 2 nitrogen and oxygen atoms in total. The van der Waals surface area contributed by atoms with Crippen LogP contribution in [0.2, 0.25) is 10.0 Å². The van der Waals surface area contributed by atoms with Crippen LogP contribution in [0.4, 0.5) is 0 Å². The van der Waals surface area contributed by atoms with E-state index in [9.17, 15) is 0 Å². The fourth-order valence-corrected chi connectivity index (χ4v) is 1.60. The third-order valence-electron chi connectivity index (χ3n) is 2.23. The van der Waals surface area contributed by atoms with Crippen molar-refractivity contribution in [3.8, 4) is 5.75 Å². The third-order valence-corrected chi connectivity index (χ3v) is 2.78. The SMILES string of the molecule is Clc1ccc(Cl)c(OCC2CNC2)c1. The minimum atomic E-state index is 0.602. The first-order chi connectivity index (χ1) is 6.75. The van der Waals surface area contributed by atoms with Gasteiger partial charge in [-0.3, -0.25) is 0 Å². The summed E-state index contributed by atoms with van der Waals surface area (Å²) in [6, 6.07) is 5.25. The van der Waals surface area contributed by atoms with Gasteiger partial charge in [0.05, 0.1) is 11.6 Å². The molecule has 0 bridgehead atoms. The summed E-state index contributed by atoms with van der Waals surface area (Å²) >= 11 is 11.8. The van der Waals surface area contributed by atoms with Gasteiger partial charge in [-0.15, -0.1) is 0 Å². The molecule has 1 N–H and O–H groups in total. The van der Waals surface area contributed by atoms with Gasteiger partial charge in [-0.25, -0.2) is 0 Å². The van der Waals surface area contributed by atoms with Gasteiger partial charge >= 0.3 is 0 Å². The Bertz CT molecular complexity index is 326. The summed E-state index contributed by atoms with van der Waals surface area (Å²) < 4.78 is 5.57. The number of halogens is 2. The zero-order valence-corrected chi connectivity index (χ0v) is 9.11. The van der Waals surface area contributed by atoms with Crippen LogP contribution in [0.15, 0.2) is 18.2 Å². The minimum Gasteiger partial charge on any atom is -0.492 e. The first kappa shape index (κ1) is 10.1. The van der Waals surface area contributed by atoms with Crippen molar-refractivity contribution in [1.82, 2.24) is 5.32 Å². The zero-order valence-electron chi connectivity index (χ0n) is 7.59. The maximum Gasteiger partial charge on any atom is 0.139 e. The van der Waals surface area contributed by atoms with Crippen LogP contribution in [0.3, 0.4) is 0 Å². The Morgan fingerprint density at radius 1 is 1.36 bits per heavy atom. The van der Waals surface area contributed by atoms with Gasteiger partial charge in [-0.1, -0.05) is 23.2 Å². The molecule has 14 heavy (non-hydrogen) atoms. The molecule has 0 atom stereocenters. The highest BCUT2D eigenvalue weighted by Crippen LogP contribution is 2.28. The Labute approximate surface area is 93.2 Å². The summed E-state index contributed by atoms with van der Waals surface area (Å²) in [5.41, 5.74) is 0. The van der Waals surface area contributed by atoms with E-state index in [1.165, 1.54) is 0 Å². The molecule has 1 heterocycles. The van der Waals surface area contributed by atoms with Crippen molar-refractivity contribution in [2.45, 2.75) is 0 Å². The highest BCUT2D eigenvalue weighted by molar-refractivity contribution is 6.34. The van der Waals surface area contributed by atoms with E-state index >= 15 is 0 Å². The number of hydrogen-bond acceptors (Lipinski definition) is 2. The number of rotatable bonds is 3. The van der Waals surface area contributed by atoms with Gasteiger partial charge in [0.2, 0.25) is 0 Å². The molecule has 1 aromatic carbocycles. The highest BCUT2D eigenvalue weighted by Gasteiger charge is 2.17. The molecule has 0 aliphatic carbocycles. The zero-order chi connectivity index (χ0) is 9.97. The van der Waals surface area contributed by atoms with Crippen LogP contribution in [0, 0.1) is 5.92 Å². The quantitative estimate of drug-likeness (QED) is 0.864. The minimum absolute atomic E-state index is 0.602. The van der Waals surface area contributed by atoms with Gasteiger partial charge in [0.15, 0.2) is 0 Å². The summed E-state index contributed by atoms with van der Waals surface area (Å²) in [6.45, 7) is 2.75. The molecule has 0 aromatic heterocycles. The summed E-state index contributed by atoms with van der Waals surface area (Å²) in [5.74, 6) is 1.27. The van der Waals surface area contributed by atoms with Crippen molar-refractivity contribution in [2.24, 2.45) is 5.92 Å². The van der Waals surface area contributed by atoms with E-state index in [1.807, 2.05) is 0 Å². The van der Waals surface area contributed by atoms with Crippen molar-refractivity contribution in [2.75, 3.05) is 19.7 Å². The average molecular weight is 232 g/mol. The number of benzene rings is 1. The highest BCUT2D eigenvalue weighted by atomic mass is 35.5. The molecule has 1 aromatic rings. The second kappa shape index (κ2) is 4.39. The fraction of sp³-hybridized carbons (Fsp3) is 0.400. The lowest BCUT2D eigenvalue weighted by atomic mass is 10.1. The molecule has 1 aliphatic heterocycles. The third kappa shape index (κ3) is 2.32. The van der Waals surface area contributed by atoms with Crippen LogP contribution in [-0.4, -0.2) is 19.7 Å². The fourth-order valence-electron chi connectivity index (χ4n) is 1.26. The van der Waals surface area contributed by atoms with Gasteiger partial charge in [-0.05, 0) is 12.1 Å². The van der Waals surface area contributed by atoms with Gasteiger partial charge in [0, 0.05) is 30.1 Å². The van der Waals surface area contributed by atoms with E-state index in [1.54, 1.807) is 18.2 Å². The summed E-state index contributed by atoms with van der Waals surface area (Å²) in [4.78, 5) is 0. The molecule has 1 saturated heterocycles. The normalized spacial score (nSPS) is 16.4. The lowest BCUT2D eigenvalue weighted by Crippen LogP contribution is -2.45. The topological polar surface area (TPSA) is 21.3 Å². The Morgan fingerprint density at radius 2 is 2.14 bits per heavy atom. The van der Waals surface area contributed by atoms with Gasteiger partial charge in [-0.2, -0.15) is 0 Å². The number of hydrogen-bond donors (Lipinski definition) is 1. The molecular formula is C10H11Cl2NO. The van der Waals surface area contributed by atoms with E-state index in [-0.39, 0.29) is 0 Å². The van der Waals surface area contributed by atoms with Crippen LogP contribution < -0.4 is 10.1 Å². The van der Waals surface area contributed by atoms with Crippen molar-refractivity contribution in [3.05, 3.63) is 28.2 Å². The first-order valence-electron chi connectivity index (χ1n) is 4.54. The molecule has 0 spiro atoms. The van der Waals surface area contributed by atoms with Crippen LogP contribution in [-0.2, 0) is 0 Å². The second-order valence-corrected chi connectivity index (χ2v) is 4.25. The van der Waals surface area contributed by atoms with Gasteiger partial charge in [0.1, 0.15) is 5.75 Å². The summed E-state index contributed by atoms with van der Waals surface area (Å²) in [6.07, 6.45) is 0. The van der Waals surface area contributed by atoms with E-state index in [2.05, 4.69) is 5.32 Å². The predicted octanol–water partition coefficient (Wildman–Crippen LogP) is 2.59. The van der Waals surface area contributed by atoms with Crippen LogP contribution in [0.25, 0.3) is 0 Å². The van der Waals surface area contributed by atoms with E-state index in [0.29, 0.717) is 28.3 Å². The Hall–Kier alpha value is -0.440. The smallest absolute Gasteiger partial charge is 0.139 e. The maximum atomic E-state index is 5.94. The number of ether oxygens (including phenoxy) is 1. The van der Waals surface area contributed by atoms with Crippen LogP contribution >= 0.6 is 23.2 Å². The van der Waals surface area contributed by atoms with Crippen LogP contribution in [0.5, 0.6) is 5.75 Å². The first-order valence-corrected chi connectivity index (χ1v) is 5.30. The Morgan fingerprint density at radius 3 is 2.79 bits per heavy atom. The molecular weight excluding hydrogens is 221 g/mol. The largest absolute Gasteiger partial charge is 0.492 e. The van der Waals surface area contributed by atoms with E-state index in [4.69, 9.17) is 27.9 Å². The van der Waals surface area contributed by atoms with Gasteiger partial charge < -0.3 is 10.1 Å². The lowest BCUT2D eigenvalue weighted by Gasteiger charge is -2.26. The molecule has 1 aliphatic rings. The monoisotopic (exact) mass is 231 g/mol. The Balaban J connectivity index is 1.96. The van der Waals surface area contributed by atoms with Crippen molar-refractivity contribution in [1.29, 1.82) is 0 Å². The second-order valence-electron chi connectivity index (χ2n) is 3.41. The summed E-state index contributed by atoms with van der Waals surface area (Å²) in [7, 11) is 0. The van der Waals surface area contributed by atoms with Crippen molar-refractivity contribution in [3.63, 3.8) is 0 Å². The average Bonchev–Trinajstić information content (AvgIpc) is 2.08. The number of nitrogens with one attached hydrogen (secondary N) is 1. The molecule has 0 unspecified atom stereocenters. The van der Waals surface area contributed by atoms with E-state index < -0.39 is 0 Å². The van der Waals surface area contributed by atoms with Crippen molar-refractivity contribution < 1.29 is 4.74 Å². The van der Waals surface area contributed by atoms with E-state index in [0.717, 1.165) is 13.1 Å². The lowest BCUT2D eigenvalue weighted by molar-refractivity contribution is 0.199. The molecule has 2 rings (SSSR count). The molecule has 76 valence electrons. The summed E-state index contributed by atoms with van der Waals surface area (Å²) in [5, 5.41) is 4.45. The molecule has 0 saturated carbocycles. The molecule has 4 heteroatoms. The molecule has 1 fully saturated rings. The molecule has 0 radical (unpaired) electrons. The van der Waals surface area contributed by atoms with Crippen LogP contribution in [0.1, 0.15) is 0 Å². The predicted molar refractivity (Wildman–Crippen MR) is 58.3 cm³/mol.